The second-order valence-corrected chi connectivity index (χ2v) is 2.51. The van der Waals surface area contributed by atoms with Crippen LogP contribution in [0.25, 0.3) is 0 Å². The number of ketones is 1. The summed E-state index contributed by atoms with van der Waals surface area (Å²) in [6, 6.07) is 0. The zero-order chi connectivity index (χ0) is 7.82. The average Bonchev–Trinajstić information content (AvgIpc) is 1.87. The van der Waals surface area contributed by atoms with E-state index in [4.69, 9.17) is 0 Å². The zero-order valence-corrected chi connectivity index (χ0v) is 6.94. The monoisotopic (exact) mass is 143 g/mol. The zero-order valence-electron chi connectivity index (χ0n) is 6.94. The summed E-state index contributed by atoms with van der Waals surface area (Å²) in [6.45, 7) is 5.81. The van der Waals surface area contributed by atoms with Crippen molar-refractivity contribution in [2.24, 2.45) is 0 Å². The standard InChI is InChI=1S/C8H17NO/c1-3-9-7-5-4-6-8(2)10/h9H,3-7H2,1-2H3. The van der Waals surface area contributed by atoms with Gasteiger partial charge in [0.15, 0.2) is 0 Å². The van der Waals surface area contributed by atoms with E-state index in [0.717, 1.165) is 32.4 Å². The molecule has 0 aliphatic heterocycles. The topological polar surface area (TPSA) is 29.1 Å². The van der Waals surface area contributed by atoms with E-state index in [0.29, 0.717) is 5.78 Å². The lowest BCUT2D eigenvalue weighted by molar-refractivity contribution is -0.117. The van der Waals surface area contributed by atoms with E-state index in [1.807, 2.05) is 0 Å². The van der Waals surface area contributed by atoms with Crippen LogP contribution in [0.4, 0.5) is 0 Å². The third kappa shape index (κ3) is 7.63. The van der Waals surface area contributed by atoms with Crippen LogP contribution in [0.2, 0.25) is 0 Å². The summed E-state index contributed by atoms with van der Waals surface area (Å²) < 4.78 is 0. The van der Waals surface area contributed by atoms with Crippen molar-refractivity contribution in [3.8, 4) is 0 Å². The molecule has 0 unspecified atom stereocenters. The second-order valence-electron chi connectivity index (χ2n) is 2.51. The molecule has 2 nitrogen and oxygen atoms in total. The molecule has 0 aliphatic carbocycles. The summed E-state index contributed by atoms with van der Waals surface area (Å²) in [4.78, 5) is 10.5. The van der Waals surface area contributed by atoms with Gasteiger partial charge in [0.1, 0.15) is 5.78 Å². The molecule has 0 saturated carbocycles. The van der Waals surface area contributed by atoms with Crippen molar-refractivity contribution in [3.63, 3.8) is 0 Å². The fourth-order valence-electron chi connectivity index (χ4n) is 0.801. The highest BCUT2D eigenvalue weighted by Gasteiger charge is 1.91. The van der Waals surface area contributed by atoms with E-state index in [1.165, 1.54) is 0 Å². The Hall–Kier alpha value is -0.370. The number of unbranched alkanes of at least 4 members (excludes halogenated alkanes) is 1. The Morgan fingerprint density at radius 2 is 2.10 bits per heavy atom. The fourth-order valence-corrected chi connectivity index (χ4v) is 0.801. The molecular formula is C8H17NO. The number of rotatable bonds is 6. The lowest BCUT2D eigenvalue weighted by Gasteiger charge is -1.98. The molecule has 0 atom stereocenters. The van der Waals surface area contributed by atoms with E-state index in [-0.39, 0.29) is 0 Å². The molecule has 2 heteroatoms. The summed E-state index contributed by atoms with van der Waals surface area (Å²) in [7, 11) is 0. The predicted molar refractivity (Wildman–Crippen MR) is 43.1 cm³/mol. The maximum absolute atomic E-state index is 10.5. The average molecular weight is 143 g/mol. The van der Waals surface area contributed by atoms with Crippen molar-refractivity contribution in [3.05, 3.63) is 0 Å². The highest BCUT2D eigenvalue weighted by atomic mass is 16.1. The summed E-state index contributed by atoms with van der Waals surface area (Å²) in [5.41, 5.74) is 0. The molecule has 60 valence electrons. The minimum Gasteiger partial charge on any atom is -0.317 e. The molecule has 0 aromatic carbocycles. The van der Waals surface area contributed by atoms with Crippen LogP contribution in [0.3, 0.4) is 0 Å². The number of nitrogens with one attached hydrogen (secondary N) is 1. The number of hydrogen-bond donors (Lipinski definition) is 1. The van der Waals surface area contributed by atoms with E-state index < -0.39 is 0 Å². The van der Waals surface area contributed by atoms with Crippen LogP contribution in [-0.2, 0) is 4.79 Å². The molecule has 0 heterocycles. The van der Waals surface area contributed by atoms with Gasteiger partial charge in [0.05, 0.1) is 0 Å². The van der Waals surface area contributed by atoms with E-state index >= 15 is 0 Å². The van der Waals surface area contributed by atoms with Gasteiger partial charge in [-0.25, -0.2) is 0 Å². The number of hydrogen-bond acceptors (Lipinski definition) is 2. The van der Waals surface area contributed by atoms with Gasteiger partial charge < -0.3 is 10.1 Å². The Balaban J connectivity index is 2.84. The largest absolute Gasteiger partial charge is 0.317 e. The van der Waals surface area contributed by atoms with E-state index in [2.05, 4.69) is 12.2 Å². The SMILES string of the molecule is CCNCCCCC(C)=O. The molecule has 0 aliphatic rings. The van der Waals surface area contributed by atoms with Crippen molar-refractivity contribution in [1.82, 2.24) is 5.32 Å². The molecule has 1 N–H and O–H groups in total. The molecule has 0 radical (unpaired) electrons. The van der Waals surface area contributed by atoms with Crippen LogP contribution >= 0.6 is 0 Å². The third-order valence-corrected chi connectivity index (χ3v) is 1.38. The highest BCUT2D eigenvalue weighted by molar-refractivity contribution is 5.75. The van der Waals surface area contributed by atoms with Crippen molar-refractivity contribution >= 4 is 5.78 Å². The van der Waals surface area contributed by atoms with Gasteiger partial charge in [0, 0.05) is 6.42 Å². The maximum atomic E-state index is 10.5. The molecule has 0 amide bonds. The van der Waals surface area contributed by atoms with Gasteiger partial charge in [-0.05, 0) is 32.9 Å². The number of Topliss-reactive ketones (excluding diaryl/α,β-unsaturated/α-hetero) is 1. The summed E-state index contributed by atoms with van der Waals surface area (Å²) in [5.74, 6) is 0.302. The van der Waals surface area contributed by atoms with Crippen LogP contribution in [0.1, 0.15) is 33.1 Å². The molecule has 0 spiro atoms. The lowest BCUT2D eigenvalue weighted by atomic mass is 10.2. The van der Waals surface area contributed by atoms with Crippen molar-refractivity contribution in [2.45, 2.75) is 33.1 Å². The van der Waals surface area contributed by atoms with Crippen molar-refractivity contribution in [2.75, 3.05) is 13.1 Å². The first-order valence-electron chi connectivity index (χ1n) is 3.97. The first-order chi connectivity index (χ1) is 4.77. The van der Waals surface area contributed by atoms with Crippen LogP contribution in [0.5, 0.6) is 0 Å². The van der Waals surface area contributed by atoms with Crippen molar-refractivity contribution < 1.29 is 4.79 Å². The summed E-state index contributed by atoms with van der Waals surface area (Å²) >= 11 is 0. The maximum Gasteiger partial charge on any atom is 0.129 e. The summed E-state index contributed by atoms with van der Waals surface area (Å²) in [5, 5.41) is 3.21. The summed E-state index contributed by atoms with van der Waals surface area (Å²) in [6.07, 6.45) is 2.89. The molecular weight excluding hydrogens is 126 g/mol. The smallest absolute Gasteiger partial charge is 0.129 e. The molecule has 0 rings (SSSR count). The Labute approximate surface area is 63.0 Å². The van der Waals surface area contributed by atoms with Gasteiger partial charge in [-0.3, -0.25) is 0 Å². The fraction of sp³-hybridized carbons (Fsp3) is 0.875. The molecule has 0 fully saturated rings. The molecule has 0 bridgehead atoms. The number of carbonyl (C=O) groups is 1. The quantitative estimate of drug-likeness (QED) is 0.569. The van der Waals surface area contributed by atoms with Crippen molar-refractivity contribution in [1.29, 1.82) is 0 Å². The second kappa shape index (κ2) is 6.75. The van der Waals surface area contributed by atoms with Gasteiger partial charge in [-0.15, -0.1) is 0 Å². The predicted octanol–water partition coefficient (Wildman–Crippen LogP) is 1.36. The van der Waals surface area contributed by atoms with Gasteiger partial charge >= 0.3 is 0 Å². The molecule has 0 aromatic rings. The van der Waals surface area contributed by atoms with Crippen LogP contribution in [0, 0.1) is 0 Å². The van der Waals surface area contributed by atoms with Crippen LogP contribution in [-0.4, -0.2) is 18.9 Å². The Morgan fingerprint density at radius 3 is 2.60 bits per heavy atom. The van der Waals surface area contributed by atoms with Gasteiger partial charge in [-0.1, -0.05) is 6.92 Å². The number of carbonyl (C=O) groups excluding carboxylic acids is 1. The Morgan fingerprint density at radius 1 is 1.40 bits per heavy atom. The molecule has 0 aromatic heterocycles. The minimum atomic E-state index is 0.302. The third-order valence-electron chi connectivity index (χ3n) is 1.38. The first kappa shape index (κ1) is 9.63. The van der Waals surface area contributed by atoms with E-state index in [1.54, 1.807) is 6.92 Å². The molecule has 0 saturated heterocycles. The highest BCUT2D eigenvalue weighted by Crippen LogP contribution is 1.93. The van der Waals surface area contributed by atoms with Crippen LogP contribution in [0.15, 0.2) is 0 Å². The van der Waals surface area contributed by atoms with Gasteiger partial charge in [0.2, 0.25) is 0 Å². The van der Waals surface area contributed by atoms with Gasteiger partial charge in [-0.2, -0.15) is 0 Å². The lowest BCUT2D eigenvalue weighted by Crippen LogP contribution is -2.13. The Kier molecular flexibility index (Phi) is 6.50. The Bertz CT molecular complexity index is 91.3. The van der Waals surface area contributed by atoms with Gasteiger partial charge in [0.25, 0.3) is 0 Å². The minimum absolute atomic E-state index is 0.302. The normalized spacial score (nSPS) is 9.80. The van der Waals surface area contributed by atoms with Crippen LogP contribution < -0.4 is 5.32 Å². The molecule has 10 heavy (non-hydrogen) atoms. The van der Waals surface area contributed by atoms with E-state index in [9.17, 15) is 4.79 Å². The first-order valence-corrected chi connectivity index (χ1v) is 3.97.